The topological polar surface area (TPSA) is 24.5 Å². The van der Waals surface area contributed by atoms with Crippen LogP contribution in [-0.2, 0) is 6.54 Å². The van der Waals surface area contributed by atoms with Crippen LogP contribution in [0.3, 0.4) is 0 Å². The fourth-order valence-corrected chi connectivity index (χ4v) is 2.52. The third-order valence-corrected chi connectivity index (χ3v) is 4.34. The second-order valence-corrected chi connectivity index (χ2v) is 6.04. The van der Waals surface area contributed by atoms with Crippen molar-refractivity contribution >= 4 is 0 Å². The van der Waals surface area contributed by atoms with Gasteiger partial charge < -0.3 is 10.1 Å². The van der Waals surface area contributed by atoms with Crippen molar-refractivity contribution in [3.05, 3.63) is 29.8 Å². The summed E-state index contributed by atoms with van der Waals surface area (Å²) in [6, 6.07) is 9.86. The zero-order chi connectivity index (χ0) is 15.1. The van der Waals surface area contributed by atoms with Gasteiger partial charge in [-0.2, -0.15) is 0 Å². The molecule has 1 aliphatic carbocycles. The maximum Gasteiger partial charge on any atom is 0.119 e. The van der Waals surface area contributed by atoms with Gasteiger partial charge in [-0.15, -0.1) is 0 Å². The minimum atomic E-state index is 0.632. The van der Waals surface area contributed by atoms with Crippen LogP contribution in [-0.4, -0.2) is 36.7 Å². The molecule has 3 nitrogen and oxygen atoms in total. The van der Waals surface area contributed by atoms with Crippen molar-refractivity contribution in [3.63, 3.8) is 0 Å². The average Bonchev–Trinajstić information content (AvgIpc) is 3.33. The quantitative estimate of drug-likeness (QED) is 0.714. The van der Waals surface area contributed by atoms with E-state index in [1.54, 1.807) is 0 Å². The van der Waals surface area contributed by atoms with E-state index < -0.39 is 0 Å². The summed E-state index contributed by atoms with van der Waals surface area (Å²) in [5.41, 5.74) is 1.31. The molecule has 3 heteroatoms. The molecule has 0 amide bonds. The van der Waals surface area contributed by atoms with Crippen LogP contribution in [0.5, 0.6) is 5.75 Å². The van der Waals surface area contributed by atoms with E-state index in [1.165, 1.54) is 24.8 Å². The Morgan fingerprint density at radius 3 is 2.81 bits per heavy atom. The molecule has 0 heterocycles. The summed E-state index contributed by atoms with van der Waals surface area (Å²) in [7, 11) is 0. The highest BCUT2D eigenvalue weighted by Gasteiger charge is 2.19. The van der Waals surface area contributed by atoms with E-state index in [9.17, 15) is 0 Å². The lowest BCUT2D eigenvalue weighted by Gasteiger charge is -2.26. The fraction of sp³-hybridized carbons (Fsp3) is 0.667. The zero-order valence-corrected chi connectivity index (χ0v) is 13.8. The summed E-state index contributed by atoms with van der Waals surface area (Å²) < 4.78 is 5.93. The summed E-state index contributed by atoms with van der Waals surface area (Å²) in [4.78, 5) is 2.47. The van der Waals surface area contributed by atoms with Gasteiger partial charge in [-0.05, 0) is 50.4 Å². The first kappa shape index (κ1) is 16.3. The molecule has 1 fully saturated rings. The predicted octanol–water partition coefficient (Wildman–Crippen LogP) is 3.44. The Kier molecular flexibility index (Phi) is 6.52. The lowest BCUT2D eigenvalue weighted by molar-refractivity contribution is 0.171. The second kappa shape index (κ2) is 8.40. The molecule has 0 saturated heterocycles. The first-order valence-corrected chi connectivity index (χ1v) is 8.42. The third kappa shape index (κ3) is 5.68. The predicted molar refractivity (Wildman–Crippen MR) is 88.8 cm³/mol. The molecule has 0 spiro atoms. The Bertz CT molecular complexity index is 417. The SMILES string of the molecule is CCC(C)N(CC)CCOc1cccc(CNC2CC2)c1. The number of benzene rings is 1. The average molecular weight is 290 g/mol. The van der Waals surface area contributed by atoms with E-state index in [1.807, 2.05) is 0 Å². The summed E-state index contributed by atoms with van der Waals surface area (Å²) in [5.74, 6) is 0.991. The normalized spacial score (nSPS) is 16.2. The van der Waals surface area contributed by atoms with E-state index in [-0.39, 0.29) is 0 Å². The number of hydrogen-bond acceptors (Lipinski definition) is 3. The lowest BCUT2D eigenvalue weighted by atomic mass is 10.2. The van der Waals surface area contributed by atoms with E-state index in [2.05, 4.69) is 55.3 Å². The van der Waals surface area contributed by atoms with Gasteiger partial charge in [-0.25, -0.2) is 0 Å². The molecular formula is C18H30N2O. The number of hydrogen-bond donors (Lipinski definition) is 1. The van der Waals surface area contributed by atoms with Crippen molar-refractivity contribution in [2.75, 3.05) is 19.7 Å². The van der Waals surface area contributed by atoms with E-state index in [4.69, 9.17) is 4.74 Å². The first-order valence-electron chi connectivity index (χ1n) is 8.42. The van der Waals surface area contributed by atoms with Gasteiger partial charge >= 0.3 is 0 Å². The van der Waals surface area contributed by atoms with Gasteiger partial charge in [-0.1, -0.05) is 26.0 Å². The molecule has 1 aromatic carbocycles. The molecule has 0 aromatic heterocycles. The molecule has 1 atom stereocenters. The Morgan fingerprint density at radius 2 is 2.14 bits per heavy atom. The van der Waals surface area contributed by atoms with Gasteiger partial charge in [0.05, 0.1) is 0 Å². The maximum atomic E-state index is 5.93. The summed E-state index contributed by atoms with van der Waals surface area (Å²) >= 11 is 0. The van der Waals surface area contributed by atoms with Gasteiger partial charge in [0.2, 0.25) is 0 Å². The van der Waals surface area contributed by atoms with Crippen molar-refractivity contribution in [2.24, 2.45) is 0 Å². The van der Waals surface area contributed by atoms with E-state index in [0.717, 1.165) is 38.0 Å². The van der Waals surface area contributed by atoms with Gasteiger partial charge in [-0.3, -0.25) is 4.90 Å². The van der Waals surface area contributed by atoms with Crippen LogP contribution in [0.4, 0.5) is 0 Å². The highest BCUT2D eigenvalue weighted by atomic mass is 16.5. The maximum absolute atomic E-state index is 5.93. The molecule has 1 saturated carbocycles. The number of likely N-dealkylation sites (N-methyl/N-ethyl adjacent to an activating group) is 1. The molecule has 1 aliphatic rings. The molecule has 2 rings (SSSR count). The summed E-state index contributed by atoms with van der Waals surface area (Å²) in [5, 5.41) is 3.54. The van der Waals surface area contributed by atoms with Crippen molar-refractivity contribution in [2.45, 2.75) is 58.7 Å². The first-order chi connectivity index (χ1) is 10.2. The smallest absolute Gasteiger partial charge is 0.119 e. The Labute approximate surface area is 129 Å². The second-order valence-electron chi connectivity index (χ2n) is 6.04. The minimum Gasteiger partial charge on any atom is -0.492 e. The number of nitrogens with one attached hydrogen (secondary N) is 1. The van der Waals surface area contributed by atoms with Crippen LogP contribution in [0.25, 0.3) is 0 Å². The van der Waals surface area contributed by atoms with Gasteiger partial charge in [0, 0.05) is 25.2 Å². The van der Waals surface area contributed by atoms with Crippen molar-refractivity contribution in [3.8, 4) is 5.75 Å². The molecule has 0 bridgehead atoms. The van der Waals surface area contributed by atoms with Crippen LogP contribution in [0.15, 0.2) is 24.3 Å². The Hall–Kier alpha value is -1.06. The highest BCUT2D eigenvalue weighted by Crippen LogP contribution is 2.20. The number of rotatable bonds is 10. The molecule has 118 valence electrons. The molecular weight excluding hydrogens is 260 g/mol. The Balaban J connectivity index is 1.75. The zero-order valence-electron chi connectivity index (χ0n) is 13.8. The standard InChI is InChI=1S/C18H30N2O/c1-4-15(3)20(5-2)11-12-21-18-8-6-7-16(13-18)14-19-17-9-10-17/h6-8,13,15,17,19H,4-5,9-12,14H2,1-3H3. The molecule has 1 N–H and O–H groups in total. The minimum absolute atomic E-state index is 0.632. The lowest BCUT2D eigenvalue weighted by Crippen LogP contribution is -2.35. The third-order valence-electron chi connectivity index (χ3n) is 4.34. The van der Waals surface area contributed by atoms with Gasteiger partial charge in [0.25, 0.3) is 0 Å². The van der Waals surface area contributed by atoms with Crippen molar-refractivity contribution in [1.29, 1.82) is 0 Å². The summed E-state index contributed by atoms with van der Waals surface area (Å²) in [6.45, 7) is 10.5. The molecule has 0 radical (unpaired) electrons. The van der Waals surface area contributed by atoms with Crippen LogP contribution in [0.1, 0.15) is 45.6 Å². The monoisotopic (exact) mass is 290 g/mol. The molecule has 0 aliphatic heterocycles. The van der Waals surface area contributed by atoms with Crippen LogP contribution >= 0.6 is 0 Å². The molecule has 21 heavy (non-hydrogen) atoms. The van der Waals surface area contributed by atoms with Crippen LogP contribution < -0.4 is 10.1 Å². The van der Waals surface area contributed by atoms with E-state index in [0.29, 0.717) is 6.04 Å². The molecule has 1 aromatic rings. The number of ether oxygens (including phenoxy) is 1. The van der Waals surface area contributed by atoms with Crippen LogP contribution in [0.2, 0.25) is 0 Å². The fourth-order valence-electron chi connectivity index (χ4n) is 2.52. The van der Waals surface area contributed by atoms with Crippen LogP contribution in [0, 0.1) is 0 Å². The molecule has 1 unspecified atom stereocenters. The van der Waals surface area contributed by atoms with Crippen molar-refractivity contribution < 1.29 is 4.74 Å². The van der Waals surface area contributed by atoms with Gasteiger partial charge in [0.1, 0.15) is 12.4 Å². The number of nitrogens with zero attached hydrogens (tertiary/aromatic N) is 1. The highest BCUT2D eigenvalue weighted by molar-refractivity contribution is 5.28. The largest absolute Gasteiger partial charge is 0.492 e. The van der Waals surface area contributed by atoms with Crippen molar-refractivity contribution in [1.82, 2.24) is 10.2 Å². The van der Waals surface area contributed by atoms with Gasteiger partial charge in [0.15, 0.2) is 0 Å². The van der Waals surface area contributed by atoms with E-state index >= 15 is 0 Å². The Morgan fingerprint density at radius 1 is 1.33 bits per heavy atom. The summed E-state index contributed by atoms with van der Waals surface area (Å²) in [6.07, 6.45) is 3.85.